The number of piperidine rings is 1. The molecular weight excluding hydrogens is 326 g/mol. The molecule has 1 saturated heterocycles. The SMILES string of the molecule is C=CCOC(=O)N1CCC2CC1c1cc(-c3ccc(OC)cc3)ccc12. The number of ether oxygens (including phenoxy) is 2. The van der Waals surface area contributed by atoms with E-state index >= 15 is 0 Å². The third kappa shape index (κ3) is 2.85. The molecule has 26 heavy (non-hydrogen) atoms. The Hall–Kier alpha value is -2.75. The Bertz CT molecular complexity index is 828. The maximum Gasteiger partial charge on any atom is 0.410 e. The second-order valence-corrected chi connectivity index (χ2v) is 6.87. The van der Waals surface area contributed by atoms with Crippen molar-refractivity contribution in [2.24, 2.45) is 0 Å². The van der Waals surface area contributed by atoms with Crippen molar-refractivity contribution >= 4 is 6.09 Å². The Morgan fingerprint density at radius 3 is 2.69 bits per heavy atom. The van der Waals surface area contributed by atoms with Gasteiger partial charge in [-0.15, -0.1) is 0 Å². The Kier molecular flexibility index (Phi) is 4.41. The standard InChI is InChI=1S/C22H23NO3/c1-3-12-26-22(24)23-11-10-17-14-21(23)20-13-16(6-9-19(17)20)15-4-7-18(25-2)8-5-15/h3-9,13,17,21H,1,10-12,14H2,2H3. The maximum atomic E-state index is 12.4. The lowest BCUT2D eigenvalue weighted by atomic mass is 9.95. The molecule has 2 aromatic carbocycles. The predicted octanol–water partition coefficient (Wildman–Crippen LogP) is 4.92. The summed E-state index contributed by atoms with van der Waals surface area (Å²) >= 11 is 0. The van der Waals surface area contributed by atoms with Crippen molar-refractivity contribution in [3.8, 4) is 16.9 Å². The van der Waals surface area contributed by atoms with Crippen molar-refractivity contribution in [2.45, 2.75) is 24.8 Å². The van der Waals surface area contributed by atoms with Gasteiger partial charge < -0.3 is 14.4 Å². The van der Waals surface area contributed by atoms with E-state index in [2.05, 4.69) is 36.9 Å². The van der Waals surface area contributed by atoms with Gasteiger partial charge in [-0.2, -0.15) is 0 Å². The summed E-state index contributed by atoms with van der Waals surface area (Å²) in [7, 11) is 1.67. The summed E-state index contributed by atoms with van der Waals surface area (Å²) in [5, 5.41) is 0. The van der Waals surface area contributed by atoms with Gasteiger partial charge in [-0.25, -0.2) is 4.79 Å². The summed E-state index contributed by atoms with van der Waals surface area (Å²) in [6.07, 6.45) is 3.35. The minimum atomic E-state index is -0.240. The van der Waals surface area contributed by atoms with Crippen LogP contribution in [-0.4, -0.2) is 31.3 Å². The molecule has 1 aliphatic carbocycles. The number of benzene rings is 2. The minimum absolute atomic E-state index is 0.110. The lowest BCUT2D eigenvalue weighted by Crippen LogP contribution is -2.37. The van der Waals surface area contributed by atoms with Crippen LogP contribution < -0.4 is 4.74 Å². The second kappa shape index (κ2) is 6.87. The summed E-state index contributed by atoms with van der Waals surface area (Å²) in [5.74, 6) is 1.39. The number of nitrogens with zero attached hydrogens (tertiary/aromatic N) is 1. The van der Waals surface area contributed by atoms with Crippen LogP contribution in [-0.2, 0) is 4.74 Å². The van der Waals surface area contributed by atoms with Crippen LogP contribution in [0.15, 0.2) is 55.1 Å². The molecule has 1 aliphatic heterocycles. The van der Waals surface area contributed by atoms with Crippen molar-refractivity contribution in [3.63, 3.8) is 0 Å². The second-order valence-electron chi connectivity index (χ2n) is 6.87. The molecule has 1 heterocycles. The quantitative estimate of drug-likeness (QED) is 0.736. The summed E-state index contributed by atoms with van der Waals surface area (Å²) < 4.78 is 10.5. The zero-order chi connectivity index (χ0) is 18.1. The summed E-state index contributed by atoms with van der Waals surface area (Å²) in [6.45, 7) is 4.62. The molecule has 4 rings (SSSR count). The van der Waals surface area contributed by atoms with E-state index in [4.69, 9.17) is 9.47 Å². The normalized spacial score (nSPS) is 20.4. The van der Waals surface area contributed by atoms with E-state index in [9.17, 15) is 4.79 Å². The highest BCUT2D eigenvalue weighted by atomic mass is 16.6. The van der Waals surface area contributed by atoms with Crippen LogP contribution in [0.4, 0.5) is 4.79 Å². The molecule has 1 fully saturated rings. The van der Waals surface area contributed by atoms with E-state index in [0.717, 1.165) is 30.7 Å². The highest BCUT2D eigenvalue weighted by molar-refractivity contribution is 5.71. The molecular formula is C22H23NO3. The number of carbonyl (C=O) groups is 1. The highest BCUT2D eigenvalue weighted by Crippen LogP contribution is 2.50. The van der Waals surface area contributed by atoms with Crippen LogP contribution in [0, 0.1) is 0 Å². The van der Waals surface area contributed by atoms with Gasteiger partial charge in [-0.3, -0.25) is 0 Å². The van der Waals surface area contributed by atoms with E-state index in [1.54, 1.807) is 13.2 Å². The fourth-order valence-electron chi connectivity index (χ4n) is 4.17. The van der Waals surface area contributed by atoms with Crippen molar-refractivity contribution in [2.75, 3.05) is 20.3 Å². The van der Waals surface area contributed by atoms with Crippen LogP contribution in [0.2, 0.25) is 0 Å². The first-order valence-electron chi connectivity index (χ1n) is 9.04. The Balaban J connectivity index is 1.64. The van der Waals surface area contributed by atoms with Gasteiger partial charge >= 0.3 is 6.09 Å². The smallest absolute Gasteiger partial charge is 0.410 e. The molecule has 0 N–H and O–H groups in total. The molecule has 2 atom stereocenters. The molecule has 4 heteroatoms. The number of hydrogen-bond acceptors (Lipinski definition) is 3. The van der Waals surface area contributed by atoms with Gasteiger partial charge in [0, 0.05) is 6.54 Å². The molecule has 0 aromatic heterocycles. The van der Waals surface area contributed by atoms with Gasteiger partial charge in [-0.05, 0) is 59.2 Å². The van der Waals surface area contributed by atoms with Crippen LogP contribution >= 0.6 is 0 Å². The first-order valence-corrected chi connectivity index (χ1v) is 9.04. The number of carbonyl (C=O) groups excluding carboxylic acids is 1. The number of hydrogen-bond donors (Lipinski definition) is 0. The summed E-state index contributed by atoms with van der Waals surface area (Å²) in [6, 6.07) is 14.8. The van der Waals surface area contributed by atoms with E-state index in [-0.39, 0.29) is 18.7 Å². The van der Waals surface area contributed by atoms with E-state index in [1.165, 1.54) is 16.7 Å². The first-order chi connectivity index (χ1) is 12.7. The van der Waals surface area contributed by atoms with Crippen molar-refractivity contribution < 1.29 is 14.3 Å². The first kappa shape index (κ1) is 16.7. The lowest BCUT2D eigenvalue weighted by molar-refractivity contribution is 0.0824. The third-order valence-electron chi connectivity index (χ3n) is 5.47. The zero-order valence-corrected chi connectivity index (χ0v) is 15.0. The predicted molar refractivity (Wildman–Crippen MR) is 101 cm³/mol. The molecule has 0 radical (unpaired) electrons. The fraction of sp³-hybridized carbons (Fsp3) is 0.318. The molecule has 0 spiro atoms. The Morgan fingerprint density at radius 1 is 1.19 bits per heavy atom. The summed E-state index contributed by atoms with van der Waals surface area (Å²) in [4.78, 5) is 14.3. The maximum absolute atomic E-state index is 12.4. The summed E-state index contributed by atoms with van der Waals surface area (Å²) in [5.41, 5.74) is 4.96. The average molecular weight is 349 g/mol. The number of amides is 1. The molecule has 2 unspecified atom stereocenters. The molecule has 4 nitrogen and oxygen atoms in total. The van der Waals surface area contributed by atoms with Crippen LogP contribution in [0.25, 0.3) is 11.1 Å². The van der Waals surface area contributed by atoms with Crippen molar-refractivity contribution in [1.29, 1.82) is 0 Å². The van der Waals surface area contributed by atoms with Gasteiger partial charge in [0.15, 0.2) is 0 Å². The van der Waals surface area contributed by atoms with Crippen LogP contribution in [0.5, 0.6) is 5.75 Å². The number of fused-ring (bicyclic) bond motifs is 5. The van der Waals surface area contributed by atoms with E-state index < -0.39 is 0 Å². The largest absolute Gasteiger partial charge is 0.497 e. The zero-order valence-electron chi connectivity index (χ0n) is 15.0. The molecule has 0 saturated carbocycles. The van der Waals surface area contributed by atoms with Crippen molar-refractivity contribution in [1.82, 2.24) is 4.90 Å². The minimum Gasteiger partial charge on any atom is -0.497 e. The fourth-order valence-corrected chi connectivity index (χ4v) is 4.17. The third-order valence-corrected chi connectivity index (χ3v) is 5.47. The van der Waals surface area contributed by atoms with Crippen molar-refractivity contribution in [3.05, 3.63) is 66.2 Å². The molecule has 134 valence electrons. The van der Waals surface area contributed by atoms with Gasteiger partial charge in [0.2, 0.25) is 0 Å². The lowest BCUT2D eigenvalue weighted by Gasteiger charge is -2.32. The number of methoxy groups -OCH3 is 1. The molecule has 2 bridgehead atoms. The Labute approximate surface area is 154 Å². The number of likely N-dealkylation sites (tertiary alicyclic amines) is 1. The van der Waals surface area contributed by atoms with E-state index in [0.29, 0.717) is 5.92 Å². The van der Waals surface area contributed by atoms with Gasteiger partial charge in [-0.1, -0.05) is 36.9 Å². The van der Waals surface area contributed by atoms with E-state index in [1.807, 2.05) is 17.0 Å². The number of rotatable bonds is 4. The molecule has 2 aromatic rings. The average Bonchev–Trinajstić information content (AvgIpc) is 2.98. The topological polar surface area (TPSA) is 38.8 Å². The van der Waals surface area contributed by atoms with Crippen LogP contribution in [0.3, 0.4) is 0 Å². The van der Waals surface area contributed by atoms with Gasteiger partial charge in [0.25, 0.3) is 0 Å². The highest BCUT2D eigenvalue weighted by Gasteiger charge is 2.41. The molecule has 2 aliphatic rings. The monoisotopic (exact) mass is 349 g/mol. The van der Waals surface area contributed by atoms with Gasteiger partial charge in [0.1, 0.15) is 12.4 Å². The Morgan fingerprint density at radius 2 is 1.96 bits per heavy atom. The van der Waals surface area contributed by atoms with Crippen LogP contribution in [0.1, 0.15) is 35.9 Å². The molecule has 1 amide bonds. The van der Waals surface area contributed by atoms with Gasteiger partial charge in [0.05, 0.1) is 13.2 Å².